The van der Waals surface area contributed by atoms with Crippen molar-refractivity contribution < 1.29 is 15.0 Å². The molecule has 0 fully saturated rings. The highest BCUT2D eigenvalue weighted by atomic mass is 16.4. The fraction of sp³-hybridized carbons (Fsp3) is 0.833. The number of aliphatic hydroxyl groups excluding tert-OH is 1. The van der Waals surface area contributed by atoms with Gasteiger partial charge in [-0.3, -0.25) is 0 Å². The van der Waals surface area contributed by atoms with Gasteiger partial charge in [0.2, 0.25) is 4.91 Å². The molecule has 0 saturated heterocycles. The second-order valence-electron chi connectivity index (χ2n) is 2.35. The number of carboxylic acids is 1. The van der Waals surface area contributed by atoms with Gasteiger partial charge in [0.1, 0.15) is 10.6 Å². The molecule has 0 aromatic carbocycles. The average Bonchev–Trinajstić information content (AvgIpc) is 1.99. The molecule has 0 bridgehead atoms. The maximum absolute atomic E-state index is 10.4. The van der Waals surface area contributed by atoms with Crippen molar-refractivity contribution in [2.75, 3.05) is 0 Å². The minimum absolute atomic E-state index is 0.343. The van der Waals surface area contributed by atoms with E-state index < -0.39 is 18.1 Å². The van der Waals surface area contributed by atoms with Gasteiger partial charge in [-0.1, -0.05) is 13.3 Å². The van der Waals surface area contributed by atoms with E-state index in [1.807, 2.05) is 6.92 Å². The van der Waals surface area contributed by atoms with Crippen molar-refractivity contribution in [3.05, 3.63) is 0 Å². The summed E-state index contributed by atoms with van der Waals surface area (Å²) in [4.78, 5) is 13.0. The number of carbonyl (C=O) groups is 1. The first-order valence-electron chi connectivity index (χ1n) is 3.61. The summed E-state index contributed by atoms with van der Waals surface area (Å²) in [5.74, 6) is -1.26. The summed E-state index contributed by atoms with van der Waals surface area (Å²) in [6.45, 7) is 1.82. The zero-order chi connectivity index (χ0) is 9.56. The number of rotatable bonds is 5. The maximum Gasteiger partial charge on any atom is 0.338 e. The lowest BCUT2D eigenvalue weighted by atomic mass is 10.1. The SMILES string of the molecule is CCCC(O)C(N=[N+]=N)C(=O)O. The Morgan fingerprint density at radius 1 is 1.75 bits per heavy atom. The first-order valence-corrected chi connectivity index (χ1v) is 3.61. The van der Waals surface area contributed by atoms with Crippen LogP contribution in [0.25, 0.3) is 0 Å². The third-order valence-electron chi connectivity index (χ3n) is 1.38. The van der Waals surface area contributed by atoms with Crippen LogP contribution in [0.15, 0.2) is 5.11 Å². The van der Waals surface area contributed by atoms with Crippen molar-refractivity contribution in [2.45, 2.75) is 31.9 Å². The lowest BCUT2D eigenvalue weighted by molar-refractivity contribution is -0.141. The molecule has 6 nitrogen and oxygen atoms in total. The molecule has 0 rings (SSSR count). The Balaban J connectivity index is 4.28. The van der Waals surface area contributed by atoms with Crippen LogP contribution in [-0.4, -0.2) is 28.3 Å². The number of nitrogens with zero attached hydrogens (tertiary/aromatic N) is 2. The second kappa shape index (κ2) is 5.40. The first-order chi connectivity index (χ1) is 5.63. The molecule has 0 aliphatic rings. The molecule has 0 saturated carbocycles. The van der Waals surface area contributed by atoms with Crippen LogP contribution in [-0.2, 0) is 4.79 Å². The average molecular weight is 174 g/mol. The van der Waals surface area contributed by atoms with Crippen molar-refractivity contribution in [2.24, 2.45) is 5.11 Å². The highest BCUT2D eigenvalue weighted by Crippen LogP contribution is 2.05. The third-order valence-corrected chi connectivity index (χ3v) is 1.38. The quantitative estimate of drug-likeness (QED) is 0.407. The molecule has 68 valence electrons. The van der Waals surface area contributed by atoms with Crippen molar-refractivity contribution in [1.29, 1.82) is 5.53 Å². The molecule has 3 N–H and O–H groups in total. The summed E-state index contributed by atoms with van der Waals surface area (Å²) in [5, 5.41) is 20.8. The lowest BCUT2D eigenvalue weighted by Gasteiger charge is -2.07. The van der Waals surface area contributed by atoms with Crippen LogP contribution in [0, 0.1) is 5.53 Å². The number of hydrogen-bond acceptors (Lipinski definition) is 4. The van der Waals surface area contributed by atoms with Crippen molar-refractivity contribution in [3.63, 3.8) is 0 Å². The monoisotopic (exact) mass is 174 g/mol. The van der Waals surface area contributed by atoms with Crippen LogP contribution >= 0.6 is 0 Å². The van der Waals surface area contributed by atoms with Gasteiger partial charge in [-0.2, -0.15) is 0 Å². The Kier molecular flexibility index (Phi) is 4.83. The van der Waals surface area contributed by atoms with Gasteiger partial charge in [-0.15, -0.1) is 0 Å². The minimum atomic E-state index is -1.30. The zero-order valence-electron chi connectivity index (χ0n) is 6.77. The number of carboxylic acid groups (broad SMARTS) is 1. The predicted octanol–water partition coefficient (Wildman–Crippen LogP) is 0.151. The van der Waals surface area contributed by atoms with Gasteiger partial charge >= 0.3 is 5.97 Å². The van der Waals surface area contributed by atoms with E-state index in [2.05, 4.69) is 10.0 Å². The van der Waals surface area contributed by atoms with Gasteiger partial charge in [0.05, 0.1) is 6.10 Å². The molecule has 0 aliphatic heterocycles. The van der Waals surface area contributed by atoms with Crippen LogP contribution in [0.3, 0.4) is 0 Å². The number of hydrogen-bond donors (Lipinski definition) is 3. The molecule has 0 aliphatic carbocycles. The Labute approximate surface area is 69.4 Å². The van der Waals surface area contributed by atoms with Crippen molar-refractivity contribution >= 4 is 5.97 Å². The lowest BCUT2D eigenvalue weighted by Crippen LogP contribution is -2.32. The van der Waals surface area contributed by atoms with Gasteiger partial charge in [-0.05, 0) is 6.42 Å². The van der Waals surface area contributed by atoms with E-state index in [0.29, 0.717) is 12.8 Å². The van der Waals surface area contributed by atoms with E-state index in [1.54, 1.807) is 0 Å². The molecule has 0 amide bonds. The molecule has 6 heteroatoms. The highest BCUT2D eigenvalue weighted by molar-refractivity contribution is 5.74. The largest absolute Gasteiger partial charge is 0.479 e. The van der Waals surface area contributed by atoms with Crippen LogP contribution in [0.1, 0.15) is 19.8 Å². The fourth-order valence-corrected chi connectivity index (χ4v) is 0.807. The Morgan fingerprint density at radius 2 is 2.33 bits per heavy atom. The second-order valence-corrected chi connectivity index (χ2v) is 2.35. The molecular weight excluding hydrogens is 162 g/mol. The Hall–Kier alpha value is -1.26. The number of nitrogens with one attached hydrogen (secondary N) is 1. The first kappa shape index (κ1) is 10.7. The van der Waals surface area contributed by atoms with Gasteiger partial charge in [0, 0.05) is 0 Å². The van der Waals surface area contributed by atoms with Crippen molar-refractivity contribution in [3.8, 4) is 0 Å². The molecular formula is C6H12N3O3+. The van der Waals surface area contributed by atoms with E-state index >= 15 is 0 Å². The van der Waals surface area contributed by atoms with E-state index in [1.165, 1.54) is 0 Å². The standard InChI is InChI=1S/C6H11N3O3/c1-2-3-4(10)5(6(11)12)8-9-7/h4-5,7,10H,2-3H2,1H3/p+1. The summed E-state index contributed by atoms with van der Waals surface area (Å²) < 4.78 is 0. The summed E-state index contributed by atoms with van der Waals surface area (Å²) in [6, 6.07) is -1.30. The number of aliphatic carboxylic acids is 1. The molecule has 0 aromatic heterocycles. The van der Waals surface area contributed by atoms with E-state index in [4.69, 9.17) is 10.6 Å². The molecule has 0 aromatic rings. The Morgan fingerprint density at radius 3 is 2.67 bits per heavy atom. The fourth-order valence-electron chi connectivity index (χ4n) is 0.807. The predicted molar refractivity (Wildman–Crippen MR) is 39.6 cm³/mol. The molecule has 2 atom stereocenters. The topological polar surface area (TPSA) is 108 Å². The van der Waals surface area contributed by atoms with Crippen LogP contribution in [0.4, 0.5) is 0 Å². The van der Waals surface area contributed by atoms with E-state index in [-0.39, 0.29) is 0 Å². The summed E-state index contributed by atoms with van der Waals surface area (Å²) in [5.41, 5.74) is 6.34. The van der Waals surface area contributed by atoms with Gasteiger partial charge < -0.3 is 10.2 Å². The van der Waals surface area contributed by atoms with E-state index in [0.717, 1.165) is 0 Å². The van der Waals surface area contributed by atoms with Gasteiger partial charge in [0.15, 0.2) is 0 Å². The van der Waals surface area contributed by atoms with Crippen molar-refractivity contribution in [1.82, 2.24) is 4.91 Å². The third kappa shape index (κ3) is 3.23. The molecule has 0 heterocycles. The normalized spacial score (nSPS) is 14.5. The minimum Gasteiger partial charge on any atom is -0.479 e. The van der Waals surface area contributed by atoms with Gasteiger partial charge in [-0.25, -0.2) is 4.79 Å². The molecule has 2 unspecified atom stereocenters. The van der Waals surface area contributed by atoms with Gasteiger partial charge in [0.25, 0.3) is 6.04 Å². The molecule has 0 radical (unpaired) electrons. The highest BCUT2D eigenvalue weighted by Gasteiger charge is 2.30. The number of aliphatic hydroxyl groups is 1. The maximum atomic E-state index is 10.4. The zero-order valence-corrected chi connectivity index (χ0v) is 6.77. The molecule has 12 heavy (non-hydrogen) atoms. The van der Waals surface area contributed by atoms with Crippen LogP contribution < -0.4 is 4.91 Å². The van der Waals surface area contributed by atoms with Crippen LogP contribution in [0.5, 0.6) is 0 Å². The van der Waals surface area contributed by atoms with Crippen LogP contribution in [0.2, 0.25) is 0 Å². The smallest absolute Gasteiger partial charge is 0.338 e. The molecule has 0 spiro atoms. The summed E-state index contributed by atoms with van der Waals surface area (Å²) >= 11 is 0. The van der Waals surface area contributed by atoms with E-state index in [9.17, 15) is 9.90 Å². The Bertz CT molecular complexity index is 198. The summed E-state index contributed by atoms with van der Waals surface area (Å²) in [6.07, 6.45) is -0.0457. The summed E-state index contributed by atoms with van der Waals surface area (Å²) in [7, 11) is 0.